The van der Waals surface area contributed by atoms with Crippen molar-refractivity contribution >= 4 is 17.6 Å². The van der Waals surface area contributed by atoms with Crippen LogP contribution in [0.1, 0.15) is 10.4 Å². The highest BCUT2D eigenvalue weighted by Gasteiger charge is 2.09. The van der Waals surface area contributed by atoms with Gasteiger partial charge in [-0.15, -0.1) is 11.3 Å². The molecule has 0 fully saturated rings. The molecule has 0 bridgehead atoms. The average molecular weight is 265 g/mol. The van der Waals surface area contributed by atoms with Gasteiger partial charge in [0.15, 0.2) is 6.29 Å². The number of carbonyl (C=O) groups excluding carboxylic acids is 1. The summed E-state index contributed by atoms with van der Waals surface area (Å²) in [4.78, 5) is 16.6. The molecule has 0 aliphatic heterocycles. The van der Waals surface area contributed by atoms with Crippen LogP contribution in [0.5, 0.6) is 0 Å². The zero-order chi connectivity index (χ0) is 13.1. The summed E-state index contributed by atoms with van der Waals surface area (Å²) < 4.78 is 0. The average Bonchev–Trinajstić information content (AvgIpc) is 2.98. The van der Waals surface area contributed by atoms with Gasteiger partial charge >= 0.3 is 0 Å². The first-order valence-corrected chi connectivity index (χ1v) is 6.76. The number of thiazole rings is 1. The van der Waals surface area contributed by atoms with Crippen LogP contribution >= 0.6 is 11.3 Å². The molecular formula is C16H11NOS. The molecule has 1 aromatic heterocycles. The molecule has 3 aromatic rings. The molecule has 3 heteroatoms. The first-order chi connectivity index (χ1) is 9.38. The standard InChI is InChI=1S/C16H11NOS/c18-11-13-8-4-5-9-14(13)16-17-10-15(19-16)12-6-2-1-3-7-12/h1-11H. The Balaban J connectivity index is 2.04. The lowest BCUT2D eigenvalue weighted by molar-refractivity contribution is 0.112. The Bertz CT molecular complexity index is 704. The molecule has 19 heavy (non-hydrogen) atoms. The summed E-state index contributed by atoms with van der Waals surface area (Å²) in [5.41, 5.74) is 2.72. The number of hydrogen-bond acceptors (Lipinski definition) is 3. The highest BCUT2D eigenvalue weighted by atomic mass is 32.1. The van der Waals surface area contributed by atoms with Crippen molar-refractivity contribution in [2.75, 3.05) is 0 Å². The minimum Gasteiger partial charge on any atom is -0.298 e. The van der Waals surface area contributed by atoms with Gasteiger partial charge in [0.25, 0.3) is 0 Å². The first-order valence-electron chi connectivity index (χ1n) is 5.94. The SMILES string of the molecule is O=Cc1ccccc1-c1ncc(-c2ccccc2)s1. The maximum atomic E-state index is 11.1. The van der Waals surface area contributed by atoms with Crippen molar-refractivity contribution in [2.45, 2.75) is 0 Å². The first kappa shape index (κ1) is 11.8. The van der Waals surface area contributed by atoms with E-state index in [1.54, 1.807) is 11.3 Å². The largest absolute Gasteiger partial charge is 0.298 e. The van der Waals surface area contributed by atoms with E-state index in [0.717, 1.165) is 27.3 Å². The predicted molar refractivity (Wildman–Crippen MR) is 78.4 cm³/mol. The molecule has 2 nitrogen and oxygen atoms in total. The lowest BCUT2D eigenvalue weighted by atomic mass is 10.1. The van der Waals surface area contributed by atoms with E-state index < -0.39 is 0 Å². The molecule has 0 unspecified atom stereocenters. The maximum absolute atomic E-state index is 11.1. The predicted octanol–water partition coefficient (Wildman–Crippen LogP) is 4.29. The molecule has 3 rings (SSSR count). The Kier molecular flexibility index (Phi) is 3.21. The van der Waals surface area contributed by atoms with Crippen LogP contribution in [-0.4, -0.2) is 11.3 Å². The number of aldehydes is 1. The van der Waals surface area contributed by atoms with Gasteiger partial charge in [0.05, 0.1) is 4.88 Å². The fourth-order valence-corrected chi connectivity index (χ4v) is 2.90. The summed E-state index contributed by atoms with van der Waals surface area (Å²) >= 11 is 1.60. The maximum Gasteiger partial charge on any atom is 0.150 e. The van der Waals surface area contributed by atoms with Gasteiger partial charge in [0.2, 0.25) is 0 Å². The van der Waals surface area contributed by atoms with E-state index in [1.165, 1.54) is 0 Å². The Labute approximate surface area is 115 Å². The van der Waals surface area contributed by atoms with E-state index in [9.17, 15) is 4.79 Å². The van der Waals surface area contributed by atoms with Crippen molar-refractivity contribution in [3.63, 3.8) is 0 Å². The molecule has 2 aromatic carbocycles. The third kappa shape index (κ3) is 2.33. The minimum atomic E-state index is 0.677. The number of hydrogen-bond donors (Lipinski definition) is 0. The van der Waals surface area contributed by atoms with Crippen molar-refractivity contribution < 1.29 is 4.79 Å². The van der Waals surface area contributed by atoms with Crippen LogP contribution in [0, 0.1) is 0 Å². The fourth-order valence-electron chi connectivity index (χ4n) is 1.93. The molecule has 0 aliphatic rings. The fraction of sp³-hybridized carbons (Fsp3) is 0. The number of nitrogens with zero attached hydrogens (tertiary/aromatic N) is 1. The molecule has 0 spiro atoms. The number of aromatic nitrogens is 1. The van der Waals surface area contributed by atoms with Gasteiger partial charge in [-0.1, -0.05) is 54.6 Å². The third-order valence-electron chi connectivity index (χ3n) is 2.88. The Morgan fingerprint density at radius 1 is 0.947 bits per heavy atom. The van der Waals surface area contributed by atoms with Crippen molar-refractivity contribution in [1.82, 2.24) is 4.98 Å². The molecule has 0 atom stereocenters. The van der Waals surface area contributed by atoms with E-state index in [-0.39, 0.29) is 0 Å². The molecule has 0 radical (unpaired) electrons. The molecule has 0 amide bonds. The van der Waals surface area contributed by atoms with E-state index in [0.29, 0.717) is 5.56 Å². The summed E-state index contributed by atoms with van der Waals surface area (Å²) in [6.07, 6.45) is 2.73. The molecule has 0 saturated carbocycles. The summed E-state index contributed by atoms with van der Waals surface area (Å²) in [6.45, 7) is 0. The highest BCUT2D eigenvalue weighted by Crippen LogP contribution is 2.32. The highest BCUT2D eigenvalue weighted by molar-refractivity contribution is 7.18. The molecular weight excluding hydrogens is 254 g/mol. The van der Waals surface area contributed by atoms with Crippen molar-refractivity contribution in [1.29, 1.82) is 0 Å². The van der Waals surface area contributed by atoms with Crippen LogP contribution in [0.4, 0.5) is 0 Å². The van der Waals surface area contributed by atoms with E-state index >= 15 is 0 Å². The van der Waals surface area contributed by atoms with Crippen molar-refractivity contribution in [2.24, 2.45) is 0 Å². The number of benzene rings is 2. The van der Waals surface area contributed by atoms with Gasteiger partial charge in [0, 0.05) is 17.3 Å². The van der Waals surface area contributed by atoms with E-state index in [4.69, 9.17) is 0 Å². The van der Waals surface area contributed by atoms with E-state index in [2.05, 4.69) is 17.1 Å². The van der Waals surface area contributed by atoms with Crippen molar-refractivity contribution in [3.8, 4) is 21.0 Å². The van der Waals surface area contributed by atoms with Crippen LogP contribution in [-0.2, 0) is 0 Å². The number of rotatable bonds is 3. The molecule has 0 saturated heterocycles. The molecule has 0 aliphatic carbocycles. The Morgan fingerprint density at radius 3 is 2.47 bits per heavy atom. The van der Waals surface area contributed by atoms with Crippen LogP contribution in [0.15, 0.2) is 60.8 Å². The summed E-state index contributed by atoms with van der Waals surface area (Å²) in [5.74, 6) is 0. The molecule has 1 heterocycles. The third-order valence-corrected chi connectivity index (χ3v) is 3.96. The van der Waals surface area contributed by atoms with Crippen LogP contribution in [0.25, 0.3) is 21.0 Å². The zero-order valence-corrected chi connectivity index (χ0v) is 10.9. The number of carbonyl (C=O) groups is 1. The molecule has 92 valence electrons. The topological polar surface area (TPSA) is 30.0 Å². The van der Waals surface area contributed by atoms with Gasteiger partial charge in [-0.25, -0.2) is 4.98 Å². The smallest absolute Gasteiger partial charge is 0.150 e. The minimum absolute atomic E-state index is 0.677. The summed E-state index contributed by atoms with van der Waals surface area (Å²) in [6, 6.07) is 17.6. The van der Waals surface area contributed by atoms with Gasteiger partial charge in [-0.3, -0.25) is 4.79 Å². The molecule has 0 N–H and O–H groups in total. The second kappa shape index (κ2) is 5.16. The van der Waals surface area contributed by atoms with Gasteiger partial charge in [-0.05, 0) is 5.56 Å². The summed E-state index contributed by atoms with van der Waals surface area (Å²) in [7, 11) is 0. The quantitative estimate of drug-likeness (QED) is 0.661. The Hall–Kier alpha value is -2.26. The van der Waals surface area contributed by atoms with Crippen molar-refractivity contribution in [3.05, 3.63) is 66.4 Å². The van der Waals surface area contributed by atoms with Crippen LogP contribution in [0.2, 0.25) is 0 Å². The lowest BCUT2D eigenvalue weighted by Crippen LogP contribution is -1.85. The summed E-state index contributed by atoms with van der Waals surface area (Å²) in [5, 5.41) is 0.876. The normalized spacial score (nSPS) is 10.3. The Morgan fingerprint density at radius 2 is 1.68 bits per heavy atom. The second-order valence-corrected chi connectivity index (χ2v) is 5.13. The van der Waals surface area contributed by atoms with Gasteiger partial charge in [-0.2, -0.15) is 0 Å². The van der Waals surface area contributed by atoms with Crippen LogP contribution < -0.4 is 0 Å². The van der Waals surface area contributed by atoms with Gasteiger partial charge in [0.1, 0.15) is 5.01 Å². The van der Waals surface area contributed by atoms with Crippen LogP contribution in [0.3, 0.4) is 0 Å². The second-order valence-electron chi connectivity index (χ2n) is 4.10. The lowest BCUT2D eigenvalue weighted by Gasteiger charge is -1.99. The van der Waals surface area contributed by atoms with E-state index in [1.807, 2.05) is 48.7 Å². The zero-order valence-electron chi connectivity index (χ0n) is 10.1. The van der Waals surface area contributed by atoms with Gasteiger partial charge < -0.3 is 0 Å². The monoisotopic (exact) mass is 265 g/mol.